The normalized spacial score (nSPS) is 18.9. The molecular weight excluding hydrogens is 520 g/mol. The van der Waals surface area contributed by atoms with Gasteiger partial charge in [-0.25, -0.2) is 29.7 Å². The molecule has 0 unspecified atom stereocenters. The molecule has 218 valence electrons. The number of aromatic nitrogens is 6. The van der Waals surface area contributed by atoms with Gasteiger partial charge in [-0.15, -0.1) is 0 Å². The largest absolute Gasteiger partial charge is 0.444 e. The van der Waals surface area contributed by atoms with Crippen molar-refractivity contribution >= 4 is 23.1 Å². The topological polar surface area (TPSA) is 128 Å². The van der Waals surface area contributed by atoms with Gasteiger partial charge in [0, 0.05) is 31.6 Å². The van der Waals surface area contributed by atoms with Crippen LogP contribution in [0.25, 0.3) is 22.6 Å². The molecule has 0 radical (unpaired) electrons. The summed E-state index contributed by atoms with van der Waals surface area (Å²) in [5.74, 6) is 2.06. The average Bonchev–Trinajstić information content (AvgIpc) is 3.84. The Bertz CT molecular complexity index is 1510. The third-order valence-corrected chi connectivity index (χ3v) is 8.42. The van der Waals surface area contributed by atoms with Crippen LogP contribution in [0.1, 0.15) is 89.6 Å². The summed E-state index contributed by atoms with van der Waals surface area (Å²) in [4.78, 5) is 51.4. The molecule has 4 heterocycles. The molecule has 1 aliphatic heterocycles. The summed E-state index contributed by atoms with van der Waals surface area (Å²) in [6.07, 6.45) is 9.16. The van der Waals surface area contributed by atoms with Crippen molar-refractivity contribution in [2.45, 2.75) is 90.7 Å². The lowest BCUT2D eigenvalue weighted by atomic mass is 9.97. The second-order valence-corrected chi connectivity index (χ2v) is 12.9. The first-order chi connectivity index (χ1) is 19.6. The van der Waals surface area contributed by atoms with Gasteiger partial charge in [-0.2, -0.15) is 0 Å². The molecule has 1 saturated heterocycles. The quantitative estimate of drug-likeness (QED) is 0.431. The van der Waals surface area contributed by atoms with Crippen molar-refractivity contribution in [2.24, 2.45) is 11.8 Å². The molecule has 3 aromatic rings. The second-order valence-electron chi connectivity index (χ2n) is 12.9. The second kappa shape index (κ2) is 10.6. The number of nitrogens with zero attached hydrogens (tertiary/aromatic N) is 7. The van der Waals surface area contributed by atoms with E-state index in [2.05, 4.69) is 22.2 Å². The first kappa shape index (κ1) is 27.5. The fourth-order valence-electron chi connectivity index (χ4n) is 5.73. The maximum absolute atomic E-state index is 13.9. The van der Waals surface area contributed by atoms with E-state index in [0.717, 1.165) is 55.5 Å². The van der Waals surface area contributed by atoms with Gasteiger partial charge in [-0.3, -0.25) is 9.36 Å². The highest BCUT2D eigenvalue weighted by Crippen LogP contribution is 2.43. The van der Waals surface area contributed by atoms with Crippen LogP contribution in [0.15, 0.2) is 17.3 Å². The molecule has 3 fully saturated rings. The lowest BCUT2D eigenvalue weighted by Crippen LogP contribution is -2.42. The van der Waals surface area contributed by atoms with Gasteiger partial charge in [0.25, 0.3) is 5.56 Å². The van der Waals surface area contributed by atoms with Crippen molar-refractivity contribution in [3.8, 4) is 11.4 Å². The SMILES string of the molecule is Cc1ncnc(C2CC2)c1-c1ncc2nc(NCC3CCN(C(=O)OC(C)(C)C)CC3)c(=O)n([C@@H](C)C3CC3)c2n1. The molecule has 11 nitrogen and oxygen atoms in total. The predicted octanol–water partition coefficient (Wildman–Crippen LogP) is 4.86. The van der Waals surface area contributed by atoms with Crippen molar-refractivity contribution in [3.63, 3.8) is 0 Å². The molecule has 0 aromatic carbocycles. The van der Waals surface area contributed by atoms with Crippen molar-refractivity contribution in [1.29, 1.82) is 0 Å². The highest BCUT2D eigenvalue weighted by Gasteiger charge is 2.34. The Labute approximate surface area is 240 Å². The molecule has 11 heteroatoms. The first-order valence-corrected chi connectivity index (χ1v) is 14.9. The summed E-state index contributed by atoms with van der Waals surface area (Å²) >= 11 is 0. The Morgan fingerprint density at radius 1 is 1.07 bits per heavy atom. The Hall–Kier alpha value is -3.63. The van der Waals surface area contributed by atoms with Gasteiger partial charge in [0.05, 0.1) is 23.1 Å². The smallest absolute Gasteiger partial charge is 0.410 e. The number of fused-ring (bicyclic) bond motifs is 1. The molecule has 41 heavy (non-hydrogen) atoms. The zero-order chi connectivity index (χ0) is 28.9. The molecule has 0 spiro atoms. The standard InChI is InChI=1S/C30H40N8O3/c1-17-23(24(21-8-9-21)34-16-33-17)25-32-15-22-27(36-25)38(18(2)20-6-7-20)28(39)26(35-22)31-14-19-10-12-37(13-11-19)29(40)41-30(3,4)5/h15-16,18-21H,6-14H2,1-5H3,(H,31,35)/t18-/m0/s1. The minimum Gasteiger partial charge on any atom is -0.444 e. The minimum absolute atomic E-state index is 0.00407. The van der Waals surface area contributed by atoms with E-state index in [-0.39, 0.29) is 17.7 Å². The van der Waals surface area contributed by atoms with Crippen LogP contribution in [0.3, 0.4) is 0 Å². The molecule has 1 amide bonds. The van der Waals surface area contributed by atoms with E-state index in [4.69, 9.17) is 19.7 Å². The number of rotatable bonds is 7. The maximum Gasteiger partial charge on any atom is 0.410 e. The lowest BCUT2D eigenvalue weighted by Gasteiger charge is -2.33. The van der Waals surface area contributed by atoms with Crippen LogP contribution in [-0.4, -0.2) is 65.7 Å². The maximum atomic E-state index is 13.9. The highest BCUT2D eigenvalue weighted by atomic mass is 16.6. The van der Waals surface area contributed by atoms with Crippen LogP contribution in [0, 0.1) is 18.8 Å². The zero-order valence-electron chi connectivity index (χ0n) is 24.7. The Morgan fingerprint density at radius 2 is 1.80 bits per heavy atom. The minimum atomic E-state index is -0.508. The van der Waals surface area contributed by atoms with Crippen LogP contribution in [-0.2, 0) is 4.74 Å². The zero-order valence-corrected chi connectivity index (χ0v) is 24.7. The number of carbonyl (C=O) groups is 1. The van der Waals surface area contributed by atoms with Crippen molar-refractivity contribution < 1.29 is 9.53 Å². The van der Waals surface area contributed by atoms with Crippen LogP contribution in [0.4, 0.5) is 10.6 Å². The van der Waals surface area contributed by atoms with E-state index < -0.39 is 5.60 Å². The van der Waals surface area contributed by atoms with Crippen molar-refractivity contribution in [2.75, 3.05) is 25.0 Å². The number of anilines is 1. The summed E-state index contributed by atoms with van der Waals surface area (Å²) in [6.45, 7) is 11.6. The summed E-state index contributed by atoms with van der Waals surface area (Å²) in [6, 6.07) is 0.00407. The fourth-order valence-corrected chi connectivity index (χ4v) is 5.73. The van der Waals surface area contributed by atoms with Gasteiger partial charge in [0.1, 0.15) is 17.4 Å². The monoisotopic (exact) mass is 560 g/mol. The summed E-state index contributed by atoms with van der Waals surface area (Å²) < 4.78 is 7.34. The highest BCUT2D eigenvalue weighted by molar-refractivity contribution is 5.75. The van der Waals surface area contributed by atoms with Gasteiger partial charge in [0.2, 0.25) is 0 Å². The number of hydrogen-bond acceptors (Lipinski definition) is 9. The number of hydrogen-bond donors (Lipinski definition) is 1. The number of amides is 1. The number of carbonyl (C=O) groups excluding carboxylic acids is 1. The number of piperidine rings is 1. The van der Waals surface area contributed by atoms with Crippen molar-refractivity contribution in [1.82, 2.24) is 34.4 Å². The molecule has 2 saturated carbocycles. The Morgan fingerprint density at radius 3 is 2.46 bits per heavy atom. The number of ether oxygens (including phenoxy) is 1. The fraction of sp³-hybridized carbons (Fsp3) is 0.633. The molecule has 0 bridgehead atoms. The van der Waals surface area contributed by atoms with Crippen LogP contribution in [0.5, 0.6) is 0 Å². The molecular formula is C30H40N8O3. The van der Waals surface area contributed by atoms with Gasteiger partial charge >= 0.3 is 6.09 Å². The molecule has 2 aliphatic carbocycles. The third kappa shape index (κ3) is 5.90. The number of aryl methyl sites for hydroxylation is 1. The number of likely N-dealkylation sites (tertiary alicyclic amines) is 1. The summed E-state index contributed by atoms with van der Waals surface area (Å²) in [7, 11) is 0. The lowest BCUT2D eigenvalue weighted by molar-refractivity contribution is 0.0188. The van der Waals surface area contributed by atoms with E-state index in [0.29, 0.717) is 60.2 Å². The first-order valence-electron chi connectivity index (χ1n) is 14.9. The van der Waals surface area contributed by atoms with Gasteiger partial charge in [-0.05, 0) is 85.0 Å². The third-order valence-electron chi connectivity index (χ3n) is 8.42. The van der Waals surface area contributed by atoms with E-state index in [1.165, 1.54) is 0 Å². The average molecular weight is 561 g/mol. The predicted molar refractivity (Wildman–Crippen MR) is 156 cm³/mol. The van der Waals surface area contributed by atoms with Crippen LogP contribution >= 0.6 is 0 Å². The van der Waals surface area contributed by atoms with Gasteiger partial charge < -0.3 is 15.0 Å². The van der Waals surface area contributed by atoms with Crippen molar-refractivity contribution in [3.05, 3.63) is 34.3 Å². The molecule has 1 N–H and O–H groups in total. The van der Waals surface area contributed by atoms with E-state index in [9.17, 15) is 9.59 Å². The van der Waals surface area contributed by atoms with Crippen LogP contribution < -0.4 is 10.9 Å². The summed E-state index contributed by atoms with van der Waals surface area (Å²) in [5.41, 5.74) is 3.18. The molecule has 3 aliphatic rings. The molecule has 3 aromatic heterocycles. The summed E-state index contributed by atoms with van der Waals surface area (Å²) in [5, 5.41) is 3.34. The number of nitrogens with one attached hydrogen (secondary N) is 1. The van der Waals surface area contributed by atoms with Gasteiger partial charge in [0.15, 0.2) is 17.3 Å². The molecule has 6 rings (SSSR count). The van der Waals surface area contributed by atoms with E-state index in [1.807, 2.05) is 32.3 Å². The van der Waals surface area contributed by atoms with Crippen LogP contribution in [0.2, 0.25) is 0 Å². The molecule has 1 atom stereocenters. The van der Waals surface area contributed by atoms with E-state index in [1.54, 1.807) is 17.4 Å². The Kier molecular flexibility index (Phi) is 7.15. The van der Waals surface area contributed by atoms with E-state index >= 15 is 0 Å². The van der Waals surface area contributed by atoms with Gasteiger partial charge in [-0.1, -0.05) is 0 Å². The Balaban J connectivity index is 1.25.